The molecule has 166 valence electrons. The van der Waals surface area contributed by atoms with Crippen LogP contribution in [0.3, 0.4) is 0 Å². The summed E-state index contributed by atoms with van der Waals surface area (Å²) in [5.41, 5.74) is 0. The van der Waals surface area contributed by atoms with Gasteiger partial charge in [0.1, 0.15) is 0 Å². The Hall–Kier alpha value is 0.116. The van der Waals surface area contributed by atoms with Crippen LogP contribution in [-0.4, -0.2) is 57.2 Å². The van der Waals surface area contributed by atoms with Crippen molar-refractivity contribution >= 4 is 26.7 Å². The van der Waals surface area contributed by atoms with E-state index in [1.807, 2.05) is 6.08 Å². The minimum absolute atomic E-state index is 0.0265. The molecule has 0 aromatic rings. The van der Waals surface area contributed by atoms with E-state index in [9.17, 15) is 0 Å². The third-order valence-corrected chi connectivity index (χ3v) is 18.0. The molecular weight excluding hydrogens is 483 g/mol. The van der Waals surface area contributed by atoms with Gasteiger partial charge < -0.3 is 0 Å². The SMILES string of the molecule is C=CC[C@H](O[Si](CC)(CC)CC)[C@@H]1CC=C[C@H]([C@@H]2CC[C@@H]([C](=C)[Sn]([CH3])([CH3])[CH3])O2)O1. The van der Waals surface area contributed by atoms with Gasteiger partial charge in [-0.2, -0.15) is 0 Å². The van der Waals surface area contributed by atoms with E-state index in [0.29, 0.717) is 0 Å². The second kappa shape index (κ2) is 11.1. The average Bonchev–Trinajstić information content (AvgIpc) is 3.20. The second-order valence-electron chi connectivity index (χ2n) is 9.74. The van der Waals surface area contributed by atoms with E-state index in [-0.39, 0.29) is 30.5 Å². The van der Waals surface area contributed by atoms with Gasteiger partial charge in [-0.1, -0.05) is 0 Å². The normalized spacial score (nSPS) is 29.0. The van der Waals surface area contributed by atoms with E-state index in [4.69, 9.17) is 13.9 Å². The van der Waals surface area contributed by atoms with Gasteiger partial charge in [-0.25, -0.2) is 0 Å². The Kier molecular flexibility index (Phi) is 9.73. The molecule has 0 radical (unpaired) electrons. The molecule has 0 bridgehead atoms. The molecule has 0 amide bonds. The van der Waals surface area contributed by atoms with E-state index in [1.54, 1.807) is 0 Å². The summed E-state index contributed by atoms with van der Waals surface area (Å²) in [4.78, 5) is 7.26. The van der Waals surface area contributed by atoms with Crippen LogP contribution >= 0.6 is 0 Å². The summed E-state index contributed by atoms with van der Waals surface area (Å²) in [5.74, 6) is 0. The molecule has 0 unspecified atom stereocenters. The van der Waals surface area contributed by atoms with Crippen molar-refractivity contribution in [2.24, 2.45) is 0 Å². The topological polar surface area (TPSA) is 27.7 Å². The van der Waals surface area contributed by atoms with Crippen LogP contribution in [0.1, 0.15) is 46.5 Å². The van der Waals surface area contributed by atoms with Gasteiger partial charge in [0.2, 0.25) is 0 Å². The van der Waals surface area contributed by atoms with Crippen molar-refractivity contribution in [2.75, 3.05) is 0 Å². The quantitative estimate of drug-likeness (QED) is 0.223. The van der Waals surface area contributed by atoms with Gasteiger partial charge in [0, 0.05) is 0 Å². The molecule has 0 N–H and O–H groups in total. The van der Waals surface area contributed by atoms with Gasteiger partial charge in [-0.15, -0.1) is 0 Å². The van der Waals surface area contributed by atoms with Crippen molar-refractivity contribution in [3.63, 3.8) is 0 Å². The first-order valence-electron chi connectivity index (χ1n) is 11.6. The summed E-state index contributed by atoms with van der Waals surface area (Å²) in [6, 6.07) is 3.48. The Bertz CT molecular complexity index is 571. The molecule has 5 heteroatoms. The first-order valence-corrected chi connectivity index (χ1v) is 24.2. The molecule has 2 rings (SSSR count). The molecule has 0 aliphatic carbocycles. The van der Waals surface area contributed by atoms with Crippen LogP contribution < -0.4 is 0 Å². The molecule has 2 aliphatic rings. The molecule has 3 nitrogen and oxygen atoms in total. The van der Waals surface area contributed by atoms with Crippen molar-refractivity contribution in [3.05, 3.63) is 35.0 Å². The van der Waals surface area contributed by atoms with Gasteiger partial charge in [0.05, 0.1) is 0 Å². The third kappa shape index (κ3) is 6.55. The van der Waals surface area contributed by atoms with Crippen LogP contribution in [0.4, 0.5) is 0 Å². The van der Waals surface area contributed by atoms with Gasteiger partial charge in [0.15, 0.2) is 0 Å². The number of ether oxygens (including phenoxy) is 2. The Balaban J connectivity index is 2.05. The van der Waals surface area contributed by atoms with Crippen molar-refractivity contribution in [1.82, 2.24) is 0 Å². The Morgan fingerprint density at radius 3 is 2.38 bits per heavy atom. The fraction of sp³-hybridized carbons (Fsp3) is 0.750. The van der Waals surface area contributed by atoms with E-state index in [1.165, 1.54) is 3.59 Å². The summed E-state index contributed by atoms with van der Waals surface area (Å²) < 4.78 is 21.3. The van der Waals surface area contributed by atoms with E-state index in [0.717, 1.165) is 43.8 Å². The first kappa shape index (κ1) is 25.4. The molecule has 1 fully saturated rings. The van der Waals surface area contributed by atoms with Crippen LogP contribution in [0.25, 0.3) is 0 Å². The molecule has 5 atom stereocenters. The zero-order valence-corrected chi connectivity index (χ0v) is 23.6. The van der Waals surface area contributed by atoms with Crippen molar-refractivity contribution < 1.29 is 13.9 Å². The molecule has 1 saturated heterocycles. The summed E-state index contributed by atoms with van der Waals surface area (Å²) in [6.45, 7) is 15.2. The van der Waals surface area contributed by atoms with Crippen molar-refractivity contribution in [3.8, 4) is 0 Å². The minimum atomic E-state index is -2.14. The molecule has 2 heterocycles. The fourth-order valence-electron chi connectivity index (χ4n) is 4.51. The number of hydrogen-bond acceptors (Lipinski definition) is 3. The summed E-state index contributed by atoms with van der Waals surface area (Å²) in [5, 5.41) is 0. The Labute approximate surface area is 185 Å². The number of hydrogen-bond donors (Lipinski definition) is 0. The monoisotopic (exact) mass is 528 g/mol. The van der Waals surface area contributed by atoms with Crippen molar-refractivity contribution in [2.45, 2.75) is 110 Å². The zero-order chi connectivity index (χ0) is 21.7. The second-order valence-corrected chi connectivity index (χ2v) is 29.1. The Morgan fingerprint density at radius 1 is 1.17 bits per heavy atom. The molecular formula is C24H44O3SiSn. The van der Waals surface area contributed by atoms with E-state index >= 15 is 0 Å². The van der Waals surface area contributed by atoms with Gasteiger partial charge >= 0.3 is 185 Å². The predicted octanol–water partition coefficient (Wildman–Crippen LogP) is 6.65. The molecule has 0 saturated carbocycles. The Morgan fingerprint density at radius 2 is 1.83 bits per heavy atom. The van der Waals surface area contributed by atoms with Crippen LogP contribution in [0, 0.1) is 0 Å². The van der Waals surface area contributed by atoms with E-state index in [2.05, 4.69) is 60.9 Å². The molecule has 0 aromatic carbocycles. The van der Waals surface area contributed by atoms with Gasteiger partial charge in [0.25, 0.3) is 0 Å². The average molecular weight is 527 g/mol. The van der Waals surface area contributed by atoms with Gasteiger partial charge in [-0.3, -0.25) is 0 Å². The fourth-order valence-corrected chi connectivity index (χ4v) is 10.8. The maximum atomic E-state index is 6.84. The molecule has 0 aromatic heterocycles. The van der Waals surface area contributed by atoms with Crippen LogP contribution in [0.2, 0.25) is 33.0 Å². The zero-order valence-electron chi connectivity index (χ0n) is 19.7. The number of rotatable bonds is 11. The van der Waals surface area contributed by atoms with Gasteiger partial charge in [-0.05, 0) is 0 Å². The van der Waals surface area contributed by atoms with Crippen LogP contribution in [0.15, 0.2) is 35.0 Å². The summed E-state index contributed by atoms with van der Waals surface area (Å²) in [7, 11) is -1.69. The van der Waals surface area contributed by atoms with E-state index < -0.39 is 26.7 Å². The summed E-state index contributed by atoms with van der Waals surface area (Å²) in [6.07, 6.45) is 11.0. The third-order valence-electron chi connectivity index (χ3n) is 6.94. The maximum absolute atomic E-state index is 6.84. The standard InChI is InChI=1S/C21H35O3Si.3CH3.Sn/c1-6-12-21(24-25(8-3,9-4)10-5)19-14-11-13-18(23-19)20-16-15-17(7-2)22-20;;;;/h6,11,13,17-21H,1-2,8-10,12,14-16H2,3-5H3;3*1H3;/t17-,18-,19+,20+,21+;;;;/m1..../s1. The molecule has 2 aliphatic heterocycles. The summed E-state index contributed by atoms with van der Waals surface area (Å²) >= 11 is -2.14. The molecule has 0 spiro atoms. The van der Waals surface area contributed by atoms with Crippen molar-refractivity contribution in [1.29, 1.82) is 0 Å². The first-order chi connectivity index (χ1) is 13.7. The predicted molar refractivity (Wildman–Crippen MR) is 130 cm³/mol. The van der Waals surface area contributed by atoms with Crippen LogP contribution in [-0.2, 0) is 13.9 Å². The van der Waals surface area contributed by atoms with Crippen LogP contribution in [0.5, 0.6) is 0 Å². The molecule has 29 heavy (non-hydrogen) atoms.